The molecule has 194 valence electrons. The van der Waals surface area contributed by atoms with E-state index in [1.54, 1.807) is 19.1 Å². The minimum atomic E-state index is -3.95. The molecule has 2 fully saturated rings. The molecular formula is C27H25ClF2N2O4S. The smallest absolute Gasteiger partial charge is 0.256 e. The van der Waals surface area contributed by atoms with Crippen LogP contribution in [0.2, 0.25) is 5.02 Å². The van der Waals surface area contributed by atoms with Gasteiger partial charge in [-0.25, -0.2) is 17.2 Å². The molecule has 2 aromatic carbocycles. The van der Waals surface area contributed by atoms with Gasteiger partial charge in [-0.05, 0) is 92.0 Å². The molecule has 5 rings (SSSR count). The van der Waals surface area contributed by atoms with Gasteiger partial charge in [-0.15, -0.1) is 0 Å². The number of hydrogen-bond acceptors (Lipinski definition) is 5. The number of pyridine rings is 1. The molecule has 3 unspecified atom stereocenters. The molecule has 0 saturated heterocycles. The van der Waals surface area contributed by atoms with Crippen molar-refractivity contribution in [2.45, 2.75) is 48.4 Å². The third kappa shape index (κ3) is 4.64. The van der Waals surface area contributed by atoms with Crippen LogP contribution in [0.3, 0.4) is 0 Å². The second-order valence-electron chi connectivity index (χ2n) is 9.98. The van der Waals surface area contributed by atoms with Crippen molar-refractivity contribution in [3.63, 3.8) is 0 Å². The van der Waals surface area contributed by atoms with Gasteiger partial charge >= 0.3 is 0 Å². The maximum absolute atomic E-state index is 13.8. The number of nitrogens with zero attached hydrogens (tertiary/aromatic N) is 1. The van der Waals surface area contributed by atoms with E-state index in [-0.39, 0.29) is 33.0 Å². The molecule has 4 atom stereocenters. The van der Waals surface area contributed by atoms with E-state index in [1.165, 1.54) is 30.6 Å². The van der Waals surface area contributed by atoms with E-state index in [9.17, 15) is 27.1 Å². The van der Waals surface area contributed by atoms with E-state index in [4.69, 9.17) is 11.6 Å². The summed E-state index contributed by atoms with van der Waals surface area (Å²) >= 11 is 6.54. The molecule has 2 saturated carbocycles. The number of rotatable bonds is 5. The van der Waals surface area contributed by atoms with Crippen molar-refractivity contribution in [3.8, 4) is 11.1 Å². The highest BCUT2D eigenvalue weighted by Gasteiger charge is 2.53. The number of anilines is 1. The van der Waals surface area contributed by atoms with Gasteiger partial charge in [0.15, 0.2) is 21.5 Å². The summed E-state index contributed by atoms with van der Waals surface area (Å²) < 4.78 is 54.7. The zero-order chi connectivity index (χ0) is 26.5. The van der Waals surface area contributed by atoms with Gasteiger partial charge in [0.05, 0.1) is 20.8 Å². The summed E-state index contributed by atoms with van der Waals surface area (Å²) in [7, 11) is -3.95. The summed E-state index contributed by atoms with van der Waals surface area (Å²) in [5, 5.41) is 12.6. The molecule has 0 radical (unpaired) electrons. The highest BCUT2D eigenvalue weighted by atomic mass is 35.5. The molecule has 6 nitrogen and oxygen atoms in total. The molecule has 0 spiro atoms. The second kappa shape index (κ2) is 9.45. The Morgan fingerprint density at radius 3 is 2.32 bits per heavy atom. The Labute approximate surface area is 218 Å². The third-order valence-corrected chi connectivity index (χ3v) is 10.5. The van der Waals surface area contributed by atoms with Crippen molar-refractivity contribution in [1.29, 1.82) is 0 Å². The number of sulfone groups is 1. The van der Waals surface area contributed by atoms with Crippen LogP contribution in [-0.4, -0.2) is 35.3 Å². The topological polar surface area (TPSA) is 96.4 Å². The van der Waals surface area contributed by atoms with Gasteiger partial charge in [-0.3, -0.25) is 9.78 Å². The van der Waals surface area contributed by atoms with Crippen LogP contribution in [-0.2, 0) is 9.84 Å². The number of amides is 1. The lowest BCUT2D eigenvalue weighted by atomic mass is 9.76. The molecule has 2 bridgehead atoms. The number of aliphatic hydroxyl groups is 1. The summed E-state index contributed by atoms with van der Waals surface area (Å²) in [6.45, 7) is 1.77. The van der Waals surface area contributed by atoms with Crippen LogP contribution in [0.5, 0.6) is 0 Å². The number of carbonyl (C=O) groups excluding carboxylic acids is 1. The van der Waals surface area contributed by atoms with Crippen molar-refractivity contribution in [3.05, 3.63) is 77.1 Å². The van der Waals surface area contributed by atoms with Crippen LogP contribution in [0.4, 0.5) is 14.5 Å². The van der Waals surface area contributed by atoms with Crippen LogP contribution in [0, 0.1) is 23.5 Å². The molecule has 1 amide bonds. The minimum Gasteiger partial charge on any atom is -0.390 e. The summed E-state index contributed by atoms with van der Waals surface area (Å²) in [5.74, 6) is -3.16. The summed E-state index contributed by atoms with van der Waals surface area (Å²) in [6, 6.07) is 8.91. The number of nitrogens with one attached hydrogen (secondary N) is 1. The SMILES string of the molecule is CC1(O)C2CC[C@@H]1CC(S(=O)(=O)c1cc(C(=O)Nc3ccc(F)c(F)c3)c(-c3ccncc3)cc1Cl)C2. The number of benzene rings is 2. The predicted molar refractivity (Wildman–Crippen MR) is 136 cm³/mol. The van der Waals surface area contributed by atoms with Gasteiger partial charge in [-0.2, -0.15) is 0 Å². The second-order valence-corrected chi connectivity index (χ2v) is 12.6. The molecule has 37 heavy (non-hydrogen) atoms. The monoisotopic (exact) mass is 546 g/mol. The Morgan fingerprint density at radius 1 is 1.05 bits per heavy atom. The minimum absolute atomic E-state index is 0.00434. The molecule has 1 aromatic heterocycles. The van der Waals surface area contributed by atoms with E-state index < -0.39 is 38.2 Å². The maximum atomic E-state index is 13.8. The van der Waals surface area contributed by atoms with E-state index in [0.717, 1.165) is 25.0 Å². The molecule has 1 heterocycles. The number of fused-ring (bicyclic) bond motifs is 2. The average Bonchev–Trinajstić information content (AvgIpc) is 3.02. The Hall–Kier alpha value is -2.88. The summed E-state index contributed by atoms with van der Waals surface area (Å²) in [5.41, 5.74) is 0.0528. The number of hydrogen-bond donors (Lipinski definition) is 2. The Bertz CT molecular complexity index is 1470. The highest BCUT2D eigenvalue weighted by Crippen LogP contribution is 2.52. The van der Waals surface area contributed by atoms with E-state index in [0.29, 0.717) is 24.0 Å². The molecule has 0 aliphatic heterocycles. The van der Waals surface area contributed by atoms with Gasteiger partial charge in [0.2, 0.25) is 0 Å². The van der Waals surface area contributed by atoms with Crippen LogP contribution in [0.15, 0.2) is 59.8 Å². The fourth-order valence-corrected chi connectivity index (χ4v) is 8.13. The Balaban J connectivity index is 1.57. The van der Waals surface area contributed by atoms with Crippen molar-refractivity contribution < 1.29 is 27.1 Å². The van der Waals surface area contributed by atoms with Gasteiger partial charge in [0.1, 0.15) is 0 Å². The van der Waals surface area contributed by atoms with Crippen molar-refractivity contribution in [1.82, 2.24) is 4.98 Å². The standard InChI is InChI=1S/C27H25ClF2N2O4S/c1-27(34)16-2-3-17(27)11-19(10-16)37(35,36)25-14-21(20(13-22(25)28)15-6-8-31-9-7-15)26(33)32-18-4-5-23(29)24(30)12-18/h4-9,12-14,16-17,19,34H,2-3,10-11H2,1H3,(H,32,33)/t16-,17?,19?,27?/m1/s1. The lowest BCUT2D eigenvalue weighted by Gasteiger charge is -2.40. The highest BCUT2D eigenvalue weighted by molar-refractivity contribution is 7.92. The van der Waals surface area contributed by atoms with E-state index >= 15 is 0 Å². The molecule has 10 heteroatoms. The van der Waals surface area contributed by atoms with Crippen LogP contribution in [0.25, 0.3) is 11.1 Å². The lowest BCUT2D eigenvalue weighted by Crippen LogP contribution is -2.45. The molecule has 2 N–H and O–H groups in total. The van der Waals surface area contributed by atoms with Gasteiger partial charge in [0.25, 0.3) is 5.91 Å². The van der Waals surface area contributed by atoms with Gasteiger partial charge < -0.3 is 10.4 Å². The first-order valence-corrected chi connectivity index (χ1v) is 13.9. The van der Waals surface area contributed by atoms with E-state index in [2.05, 4.69) is 10.3 Å². The fraction of sp³-hybridized carbons (Fsp3) is 0.333. The summed E-state index contributed by atoms with van der Waals surface area (Å²) in [6.07, 6.45) is 5.19. The molecular weight excluding hydrogens is 522 g/mol. The normalized spacial score (nSPS) is 25.2. The maximum Gasteiger partial charge on any atom is 0.256 e. The summed E-state index contributed by atoms with van der Waals surface area (Å²) in [4.78, 5) is 17.2. The third-order valence-electron chi connectivity index (χ3n) is 7.84. The largest absolute Gasteiger partial charge is 0.390 e. The first-order valence-electron chi connectivity index (χ1n) is 11.9. The van der Waals surface area contributed by atoms with Crippen molar-refractivity contribution in [2.24, 2.45) is 11.8 Å². The molecule has 2 aliphatic rings. The van der Waals surface area contributed by atoms with Crippen LogP contribution in [0.1, 0.15) is 43.0 Å². The van der Waals surface area contributed by atoms with Crippen LogP contribution >= 0.6 is 11.6 Å². The fourth-order valence-electron chi connectivity index (χ4n) is 5.70. The van der Waals surface area contributed by atoms with Crippen molar-refractivity contribution >= 4 is 33.0 Å². The molecule has 2 aliphatic carbocycles. The average molecular weight is 547 g/mol. The Morgan fingerprint density at radius 2 is 1.70 bits per heavy atom. The lowest BCUT2D eigenvalue weighted by molar-refractivity contribution is -0.0413. The predicted octanol–water partition coefficient (Wildman–Crippen LogP) is 5.65. The van der Waals surface area contributed by atoms with E-state index in [1.807, 2.05) is 0 Å². The first-order chi connectivity index (χ1) is 17.5. The quantitative estimate of drug-likeness (QED) is 0.431. The number of carbonyl (C=O) groups is 1. The molecule has 3 aromatic rings. The first kappa shape index (κ1) is 25.8. The zero-order valence-corrected chi connectivity index (χ0v) is 21.5. The van der Waals surface area contributed by atoms with Gasteiger partial charge in [-0.1, -0.05) is 11.6 Å². The van der Waals surface area contributed by atoms with Crippen molar-refractivity contribution in [2.75, 3.05) is 5.32 Å². The van der Waals surface area contributed by atoms with Crippen LogP contribution < -0.4 is 5.32 Å². The Kier molecular flexibility index (Phi) is 6.58. The zero-order valence-electron chi connectivity index (χ0n) is 19.9. The number of halogens is 3. The number of aromatic nitrogens is 1. The van der Waals surface area contributed by atoms with Gasteiger partial charge in [0, 0.05) is 29.7 Å².